The maximum atomic E-state index is 13.6. The van der Waals surface area contributed by atoms with Crippen LogP contribution in [-0.4, -0.2) is 11.2 Å². The van der Waals surface area contributed by atoms with Crippen molar-refractivity contribution in [3.05, 3.63) is 69.4 Å². The normalized spacial score (nSPS) is 12.4. The highest BCUT2D eigenvalue weighted by Gasteiger charge is 2.10. The second-order valence-corrected chi connectivity index (χ2v) is 6.04. The summed E-state index contributed by atoms with van der Waals surface area (Å²) in [5.74, 6) is -0.261. The van der Waals surface area contributed by atoms with Crippen molar-refractivity contribution in [2.24, 2.45) is 0 Å². The molecule has 0 aliphatic rings. The maximum Gasteiger partial charge on any atom is 0.126 e. The SMILES string of the molecule is Cc1cccc(CCC(O)Cc2cc(Br)ccc2F)c1. The van der Waals surface area contributed by atoms with E-state index in [2.05, 4.69) is 41.1 Å². The third-order valence-electron chi connectivity index (χ3n) is 3.31. The van der Waals surface area contributed by atoms with E-state index in [0.717, 1.165) is 10.9 Å². The fourth-order valence-corrected chi connectivity index (χ4v) is 2.67. The van der Waals surface area contributed by atoms with E-state index in [1.54, 1.807) is 12.1 Å². The van der Waals surface area contributed by atoms with Gasteiger partial charge < -0.3 is 5.11 Å². The van der Waals surface area contributed by atoms with E-state index in [-0.39, 0.29) is 5.82 Å². The molecule has 0 heterocycles. The Labute approximate surface area is 127 Å². The Morgan fingerprint density at radius 1 is 1.20 bits per heavy atom. The van der Waals surface area contributed by atoms with Crippen LogP contribution < -0.4 is 0 Å². The molecule has 0 amide bonds. The van der Waals surface area contributed by atoms with Crippen LogP contribution >= 0.6 is 15.9 Å². The third-order valence-corrected chi connectivity index (χ3v) is 3.81. The van der Waals surface area contributed by atoms with Gasteiger partial charge in [0.05, 0.1) is 6.10 Å². The van der Waals surface area contributed by atoms with Gasteiger partial charge in [0, 0.05) is 10.9 Å². The number of aliphatic hydroxyl groups excluding tert-OH is 1. The lowest BCUT2D eigenvalue weighted by atomic mass is 10.00. The van der Waals surface area contributed by atoms with Crippen molar-refractivity contribution in [3.8, 4) is 0 Å². The molecule has 1 unspecified atom stereocenters. The molecule has 3 heteroatoms. The molecule has 2 aromatic carbocycles. The molecule has 0 fully saturated rings. The quantitative estimate of drug-likeness (QED) is 0.856. The van der Waals surface area contributed by atoms with Gasteiger partial charge in [-0.3, -0.25) is 0 Å². The zero-order valence-electron chi connectivity index (χ0n) is 11.4. The van der Waals surface area contributed by atoms with E-state index in [1.165, 1.54) is 17.2 Å². The minimum Gasteiger partial charge on any atom is -0.393 e. The van der Waals surface area contributed by atoms with E-state index in [1.807, 2.05) is 6.07 Å². The van der Waals surface area contributed by atoms with Crippen molar-refractivity contribution in [1.29, 1.82) is 0 Å². The lowest BCUT2D eigenvalue weighted by molar-refractivity contribution is 0.164. The van der Waals surface area contributed by atoms with Crippen molar-refractivity contribution in [3.63, 3.8) is 0 Å². The molecule has 2 aromatic rings. The first-order valence-electron chi connectivity index (χ1n) is 6.72. The Kier molecular flexibility index (Phi) is 5.32. The van der Waals surface area contributed by atoms with Gasteiger partial charge in [-0.2, -0.15) is 0 Å². The Balaban J connectivity index is 1.92. The largest absolute Gasteiger partial charge is 0.393 e. The molecule has 1 atom stereocenters. The molecule has 106 valence electrons. The van der Waals surface area contributed by atoms with E-state index in [9.17, 15) is 9.50 Å². The van der Waals surface area contributed by atoms with Crippen molar-refractivity contribution < 1.29 is 9.50 Å². The van der Waals surface area contributed by atoms with E-state index < -0.39 is 6.10 Å². The Morgan fingerprint density at radius 2 is 2.00 bits per heavy atom. The molecule has 1 N–H and O–H groups in total. The van der Waals surface area contributed by atoms with Gasteiger partial charge >= 0.3 is 0 Å². The first kappa shape index (κ1) is 15.2. The number of benzene rings is 2. The van der Waals surface area contributed by atoms with E-state index in [4.69, 9.17) is 0 Å². The molecule has 20 heavy (non-hydrogen) atoms. The molecule has 0 aliphatic heterocycles. The first-order valence-corrected chi connectivity index (χ1v) is 7.51. The Bertz CT molecular complexity index is 583. The van der Waals surface area contributed by atoms with E-state index >= 15 is 0 Å². The van der Waals surface area contributed by atoms with E-state index in [0.29, 0.717) is 18.4 Å². The van der Waals surface area contributed by atoms with Crippen LogP contribution in [0.2, 0.25) is 0 Å². The van der Waals surface area contributed by atoms with Gasteiger partial charge in [-0.05, 0) is 49.1 Å². The Morgan fingerprint density at radius 3 is 2.75 bits per heavy atom. The lowest BCUT2D eigenvalue weighted by Gasteiger charge is -2.12. The summed E-state index contributed by atoms with van der Waals surface area (Å²) < 4.78 is 14.4. The van der Waals surface area contributed by atoms with Crippen molar-refractivity contribution in [2.45, 2.75) is 32.3 Å². The standard InChI is InChI=1S/C17H18BrFO/c1-12-3-2-4-13(9-12)5-7-16(20)11-14-10-15(18)6-8-17(14)19/h2-4,6,8-10,16,20H,5,7,11H2,1H3. The minimum absolute atomic E-state index is 0.261. The van der Waals surface area contributed by atoms with Crippen LogP contribution in [0.25, 0.3) is 0 Å². The fraction of sp³-hybridized carbons (Fsp3) is 0.294. The molecule has 0 radical (unpaired) electrons. The monoisotopic (exact) mass is 336 g/mol. The van der Waals surface area contributed by atoms with Crippen molar-refractivity contribution in [2.75, 3.05) is 0 Å². The smallest absolute Gasteiger partial charge is 0.126 e. The predicted octanol–water partition coefficient (Wildman–Crippen LogP) is 4.43. The summed E-state index contributed by atoms with van der Waals surface area (Å²) in [4.78, 5) is 0. The highest BCUT2D eigenvalue weighted by molar-refractivity contribution is 9.10. The van der Waals surface area contributed by atoms with Gasteiger partial charge in [-0.25, -0.2) is 4.39 Å². The van der Waals surface area contributed by atoms with Gasteiger partial charge in [-0.1, -0.05) is 45.8 Å². The number of rotatable bonds is 5. The van der Waals surface area contributed by atoms with Crippen LogP contribution in [0.15, 0.2) is 46.9 Å². The second kappa shape index (κ2) is 7.00. The molecule has 0 saturated carbocycles. The number of hydrogen-bond acceptors (Lipinski definition) is 1. The van der Waals surface area contributed by atoms with Crippen molar-refractivity contribution >= 4 is 15.9 Å². The maximum absolute atomic E-state index is 13.6. The molecule has 0 aromatic heterocycles. The molecule has 0 aliphatic carbocycles. The molecular formula is C17H18BrFO. The third kappa shape index (κ3) is 4.43. The van der Waals surface area contributed by atoms with Crippen LogP contribution in [0, 0.1) is 12.7 Å². The van der Waals surface area contributed by atoms with Gasteiger partial charge in [0.1, 0.15) is 5.82 Å². The first-order chi connectivity index (χ1) is 9.54. The van der Waals surface area contributed by atoms with Crippen LogP contribution in [0.3, 0.4) is 0 Å². The van der Waals surface area contributed by atoms with Crippen molar-refractivity contribution in [1.82, 2.24) is 0 Å². The van der Waals surface area contributed by atoms with Gasteiger partial charge in [0.2, 0.25) is 0 Å². The summed E-state index contributed by atoms with van der Waals surface area (Å²) in [6.45, 7) is 2.05. The summed E-state index contributed by atoms with van der Waals surface area (Å²) in [7, 11) is 0. The minimum atomic E-state index is -0.528. The average molecular weight is 337 g/mol. The molecule has 2 rings (SSSR count). The number of aliphatic hydroxyl groups is 1. The number of hydrogen-bond donors (Lipinski definition) is 1. The molecular weight excluding hydrogens is 319 g/mol. The van der Waals surface area contributed by atoms with Gasteiger partial charge in [0.15, 0.2) is 0 Å². The van der Waals surface area contributed by atoms with Crippen LogP contribution in [-0.2, 0) is 12.8 Å². The molecule has 1 nitrogen and oxygen atoms in total. The molecule has 0 saturated heterocycles. The summed E-state index contributed by atoms with van der Waals surface area (Å²) >= 11 is 3.32. The summed E-state index contributed by atoms with van der Waals surface area (Å²) in [5.41, 5.74) is 2.98. The number of halogens is 2. The predicted molar refractivity (Wildman–Crippen MR) is 83.3 cm³/mol. The molecule has 0 spiro atoms. The zero-order valence-corrected chi connectivity index (χ0v) is 13.0. The summed E-state index contributed by atoms with van der Waals surface area (Å²) in [5, 5.41) is 10.1. The van der Waals surface area contributed by atoms with Crippen LogP contribution in [0.5, 0.6) is 0 Å². The molecule has 0 bridgehead atoms. The van der Waals surface area contributed by atoms with Crippen LogP contribution in [0.4, 0.5) is 4.39 Å². The lowest BCUT2D eigenvalue weighted by Crippen LogP contribution is -2.12. The number of aryl methyl sites for hydroxylation is 2. The average Bonchev–Trinajstić information content (AvgIpc) is 2.41. The second-order valence-electron chi connectivity index (χ2n) is 5.12. The zero-order chi connectivity index (χ0) is 14.5. The summed E-state index contributed by atoms with van der Waals surface area (Å²) in [6, 6.07) is 13.1. The highest BCUT2D eigenvalue weighted by atomic mass is 79.9. The fourth-order valence-electron chi connectivity index (χ4n) is 2.26. The van der Waals surface area contributed by atoms with Gasteiger partial charge in [0.25, 0.3) is 0 Å². The van der Waals surface area contributed by atoms with Gasteiger partial charge in [-0.15, -0.1) is 0 Å². The summed E-state index contributed by atoms with van der Waals surface area (Å²) in [6.07, 6.45) is 1.25. The Hall–Kier alpha value is -1.19. The topological polar surface area (TPSA) is 20.2 Å². The highest BCUT2D eigenvalue weighted by Crippen LogP contribution is 2.18. The van der Waals surface area contributed by atoms with Crippen LogP contribution in [0.1, 0.15) is 23.1 Å².